The lowest BCUT2D eigenvalue weighted by molar-refractivity contribution is -0.240. The van der Waals surface area contributed by atoms with E-state index >= 15 is 0 Å². The van der Waals surface area contributed by atoms with Crippen LogP contribution in [0.1, 0.15) is 48.1 Å². The number of carbonyl (C=O) groups excluding carboxylic acids is 3. The number of nitrogens with zero attached hydrogens (tertiary/aromatic N) is 1. The van der Waals surface area contributed by atoms with Crippen molar-refractivity contribution in [2.75, 3.05) is 0 Å². The van der Waals surface area contributed by atoms with Crippen LogP contribution < -0.4 is 0 Å². The lowest BCUT2D eigenvalue weighted by atomic mass is 10.0. The van der Waals surface area contributed by atoms with E-state index in [9.17, 15) is 14.4 Å². The highest BCUT2D eigenvalue weighted by Gasteiger charge is 2.42. The number of hydrogen-bond donors (Lipinski definition) is 0. The highest BCUT2D eigenvalue weighted by molar-refractivity contribution is 7.12. The molecule has 1 saturated heterocycles. The fourth-order valence-corrected chi connectivity index (χ4v) is 3.94. The van der Waals surface area contributed by atoms with Gasteiger partial charge in [0.15, 0.2) is 5.92 Å². The summed E-state index contributed by atoms with van der Waals surface area (Å²) in [5.74, 6) is -3.41. The van der Waals surface area contributed by atoms with Crippen LogP contribution in [-0.4, -0.2) is 28.1 Å². The van der Waals surface area contributed by atoms with E-state index in [0.29, 0.717) is 12.2 Å². The second-order valence-corrected chi connectivity index (χ2v) is 7.54. The molecule has 1 aliphatic rings. The van der Waals surface area contributed by atoms with Crippen molar-refractivity contribution in [3.63, 3.8) is 0 Å². The summed E-state index contributed by atoms with van der Waals surface area (Å²) in [6.45, 7) is 5.40. The minimum atomic E-state index is -1.23. The van der Waals surface area contributed by atoms with Crippen LogP contribution in [0.3, 0.4) is 0 Å². The van der Waals surface area contributed by atoms with Gasteiger partial charge in [0, 0.05) is 26.6 Å². The molecule has 0 atom stereocenters. The number of cyclic esters (lactones) is 2. The standard InChI is InChI=1S/C19H21NO5S/c1-4-12-8-11-26-16(12)15(21)14-6-5-9-20(14)10-7-13-17(22)24-19(2,3)25-18(13)23/h5-6,8-9,11,13H,4,7,10H2,1-3H3. The summed E-state index contributed by atoms with van der Waals surface area (Å²) in [7, 11) is 0. The summed E-state index contributed by atoms with van der Waals surface area (Å²) >= 11 is 1.42. The lowest BCUT2D eigenvalue weighted by Gasteiger charge is -2.32. The predicted octanol–water partition coefficient (Wildman–Crippen LogP) is 3.19. The molecular formula is C19H21NO5S. The Hall–Kier alpha value is -2.41. The predicted molar refractivity (Wildman–Crippen MR) is 95.9 cm³/mol. The molecule has 0 radical (unpaired) electrons. The quantitative estimate of drug-likeness (QED) is 0.440. The molecule has 0 N–H and O–H groups in total. The molecule has 3 heterocycles. The molecule has 6 nitrogen and oxygen atoms in total. The Labute approximate surface area is 155 Å². The molecule has 0 amide bonds. The molecule has 0 aromatic carbocycles. The molecule has 3 rings (SSSR count). The van der Waals surface area contributed by atoms with Gasteiger partial charge >= 0.3 is 11.9 Å². The molecule has 2 aromatic heterocycles. The van der Waals surface area contributed by atoms with Gasteiger partial charge in [-0.3, -0.25) is 14.4 Å². The average Bonchev–Trinajstić information content (AvgIpc) is 3.21. The smallest absolute Gasteiger partial charge is 0.323 e. The molecule has 26 heavy (non-hydrogen) atoms. The van der Waals surface area contributed by atoms with Crippen LogP contribution in [0.25, 0.3) is 0 Å². The van der Waals surface area contributed by atoms with Crippen molar-refractivity contribution in [3.05, 3.63) is 45.9 Å². The molecule has 0 aliphatic carbocycles. The number of rotatable bonds is 6. The second-order valence-electron chi connectivity index (χ2n) is 6.63. The highest BCUT2D eigenvalue weighted by atomic mass is 32.1. The number of aryl methyl sites for hydroxylation is 2. The van der Waals surface area contributed by atoms with Gasteiger partial charge in [0.05, 0.1) is 10.6 Å². The highest BCUT2D eigenvalue weighted by Crippen LogP contribution is 2.26. The van der Waals surface area contributed by atoms with E-state index in [-0.39, 0.29) is 12.2 Å². The average molecular weight is 375 g/mol. The second kappa shape index (κ2) is 7.07. The number of hydrogen-bond acceptors (Lipinski definition) is 6. The Morgan fingerprint density at radius 2 is 1.92 bits per heavy atom. The lowest BCUT2D eigenvalue weighted by Crippen LogP contribution is -2.46. The van der Waals surface area contributed by atoms with Crippen LogP contribution in [0.4, 0.5) is 0 Å². The molecule has 1 fully saturated rings. The number of esters is 2. The molecule has 0 saturated carbocycles. The molecule has 2 aromatic rings. The van der Waals surface area contributed by atoms with Crippen LogP contribution in [0.2, 0.25) is 0 Å². The molecule has 0 bridgehead atoms. The third-order valence-corrected chi connectivity index (χ3v) is 5.27. The topological polar surface area (TPSA) is 74.6 Å². The zero-order valence-corrected chi connectivity index (χ0v) is 15.8. The van der Waals surface area contributed by atoms with Crippen molar-refractivity contribution in [2.45, 2.75) is 45.9 Å². The molecule has 1 aliphatic heterocycles. The zero-order valence-electron chi connectivity index (χ0n) is 15.0. The van der Waals surface area contributed by atoms with Gasteiger partial charge in [-0.2, -0.15) is 0 Å². The van der Waals surface area contributed by atoms with Crippen molar-refractivity contribution in [3.8, 4) is 0 Å². The van der Waals surface area contributed by atoms with E-state index in [4.69, 9.17) is 9.47 Å². The Morgan fingerprint density at radius 3 is 2.58 bits per heavy atom. The number of thiophene rings is 1. The number of ether oxygens (including phenoxy) is 2. The summed E-state index contributed by atoms with van der Waals surface area (Å²) in [5.41, 5.74) is 1.56. The normalized spacial score (nSPS) is 17.0. The molecular weight excluding hydrogens is 354 g/mol. The van der Waals surface area contributed by atoms with Crippen LogP contribution in [-0.2, 0) is 32.0 Å². The number of aromatic nitrogens is 1. The largest absolute Gasteiger partial charge is 0.422 e. The van der Waals surface area contributed by atoms with E-state index in [1.165, 1.54) is 25.2 Å². The first-order valence-electron chi connectivity index (χ1n) is 8.54. The van der Waals surface area contributed by atoms with E-state index in [1.54, 1.807) is 22.9 Å². The Kier molecular flexibility index (Phi) is 5.00. The zero-order chi connectivity index (χ0) is 18.9. The first-order chi connectivity index (χ1) is 12.3. The summed E-state index contributed by atoms with van der Waals surface area (Å²) in [6, 6.07) is 5.50. The van der Waals surface area contributed by atoms with Gasteiger partial charge in [0.25, 0.3) is 5.79 Å². The maximum atomic E-state index is 12.8. The summed E-state index contributed by atoms with van der Waals surface area (Å²) < 4.78 is 12.0. The van der Waals surface area contributed by atoms with Crippen LogP contribution >= 0.6 is 11.3 Å². The minimum Gasteiger partial charge on any atom is -0.422 e. The fourth-order valence-electron chi connectivity index (χ4n) is 2.99. The van der Waals surface area contributed by atoms with Gasteiger partial charge in [-0.1, -0.05) is 6.92 Å². The van der Waals surface area contributed by atoms with Gasteiger partial charge in [0.1, 0.15) is 0 Å². The third kappa shape index (κ3) is 3.58. The van der Waals surface area contributed by atoms with Crippen molar-refractivity contribution in [1.29, 1.82) is 0 Å². The summed E-state index contributed by atoms with van der Waals surface area (Å²) in [6.07, 6.45) is 2.78. The Morgan fingerprint density at radius 1 is 1.23 bits per heavy atom. The molecule has 0 unspecified atom stereocenters. The van der Waals surface area contributed by atoms with Gasteiger partial charge in [0.2, 0.25) is 5.78 Å². The maximum absolute atomic E-state index is 12.8. The van der Waals surface area contributed by atoms with E-state index in [0.717, 1.165) is 16.9 Å². The van der Waals surface area contributed by atoms with E-state index in [1.807, 2.05) is 18.4 Å². The minimum absolute atomic E-state index is 0.0446. The third-order valence-electron chi connectivity index (χ3n) is 4.32. The Balaban J connectivity index is 1.73. The molecule has 138 valence electrons. The van der Waals surface area contributed by atoms with Gasteiger partial charge in [-0.05, 0) is 42.0 Å². The number of carbonyl (C=O) groups is 3. The summed E-state index contributed by atoms with van der Waals surface area (Å²) in [4.78, 5) is 37.7. The SMILES string of the molecule is CCc1ccsc1C(=O)c1cccn1CCC1C(=O)OC(C)(C)OC1=O. The van der Waals surface area contributed by atoms with E-state index in [2.05, 4.69) is 0 Å². The molecule has 7 heteroatoms. The monoisotopic (exact) mass is 375 g/mol. The van der Waals surface area contributed by atoms with Crippen LogP contribution in [0.5, 0.6) is 0 Å². The summed E-state index contributed by atoms with van der Waals surface area (Å²) in [5, 5.41) is 1.91. The Bertz CT molecular complexity index is 828. The van der Waals surface area contributed by atoms with Gasteiger partial charge < -0.3 is 14.0 Å². The number of ketones is 1. The molecule has 0 spiro atoms. The van der Waals surface area contributed by atoms with E-state index < -0.39 is 23.6 Å². The van der Waals surface area contributed by atoms with Gasteiger partial charge in [-0.15, -0.1) is 11.3 Å². The maximum Gasteiger partial charge on any atom is 0.323 e. The van der Waals surface area contributed by atoms with Crippen molar-refractivity contribution < 1.29 is 23.9 Å². The van der Waals surface area contributed by atoms with Crippen molar-refractivity contribution in [2.24, 2.45) is 5.92 Å². The van der Waals surface area contributed by atoms with Crippen molar-refractivity contribution in [1.82, 2.24) is 4.57 Å². The van der Waals surface area contributed by atoms with Crippen molar-refractivity contribution >= 4 is 29.1 Å². The van der Waals surface area contributed by atoms with Crippen LogP contribution in [0.15, 0.2) is 29.8 Å². The first kappa shape index (κ1) is 18.4. The van der Waals surface area contributed by atoms with Gasteiger partial charge in [-0.25, -0.2) is 0 Å². The fraction of sp³-hybridized carbons (Fsp3) is 0.421. The first-order valence-corrected chi connectivity index (χ1v) is 9.42. The van der Waals surface area contributed by atoms with Crippen LogP contribution in [0, 0.1) is 5.92 Å².